The van der Waals surface area contributed by atoms with Gasteiger partial charge in [0.25, 0.3) is 0 Å². The molecule has 0 radical (unpaired) electrons. The van der Waals surface area contributed by atoms with Gasteiger partial charge in [0.2, 0.25) is 5.95 Å². The minimum Gasteiger partial charge on any atom is -0.378 e. The first-order valence-electron chi connectivity index (χ1n) is 9.62. The summed E-state index contributed by atoms with van der Waals surface area (Å²) in [5, 5.41) is 9.43. The minimum absolute atomic E-state index is 0. The Balaban J connectivity index is 0.00000300. The van der Waals surface area contributed by atoms with Gasteiger partial charge >= 0.3 is 6.18 Å². The molecular formula is C18H28F3IN6O. The van der Waals surface area contributed by atoms with E-state index < -0.39 is 11.9 Å². The highest BCUT2D eigenvalue weighted by molar-refractivity contribution is 14.0. The number of rotatable bonds is 7. The van der Waals surface area contributed by atoms with E-state index in [2.05, 4.69) is 30.9 Å². The second kappa shape index (κ2) is 10.1. The topological polar surface area (TPSA) is 83.5 Å². The zero-order valence-electron chi connectivity index (χ0n) is 16.6. The molecule has 1 spiro atoms. The molecule has 164 valence electrons. The molecule has 0 saturated heterocycles. The van der Waals surface area contributed by atoms with E-state index in [-0.39, 0.29) is 35.3 Å². The van der Waals surface area contributed by atoms with Gasteiger partial charge in [0.15, 0.2) is 5.96 Å². The van der Waals surface area contributed by atoms with Gasteiger partial charge in [-0.1, -0.05) is 6.42 Å². The zero-order valence-corrected chi connectivity index (χ0v) is 18.9. The number of nitrogens with zero attached hydrogens (tertiary/aromatic N) is 3. The molecule has 7 nitrogen and oxygen atoms in total. The highest BCUT2D eigenvalue weighted by Crippen LogP contribution is 2.57. The van der Waals surface area contributed by atoms with E-state index in [1.165, 1.54) is 19.3 Å². The van der Waals surface area contributed by atoms with Gasteiger partial charge in [-0.2, -0.15) is 13.2 Å². The van der Waals surface area contributed by atoms with Crippen molar-refractivity contribution in [1.29, 1.82) is 0 Å². The minimum atomic E-state index is -4.48. The van der Waals surface area contributed by atoms with E-state index in [0.29, 0.717) is 31.2 Å². The van der Waals surface area contributed by atoms with Crippen LogP contribution in [0.2, 0.25) is 0 Å². The van der Waals surface area contributed by atoms with Crippen LogP contribution in [0.5, 0.6) is 0 Å². The Hall–Kier alpha value is -1.37. The van der Waals surface area contributed by atoms with Crippen LogP contribution in [0.1, 0.15) is 38.3 Å². The molecule has 2 aliphatic carbocycles. The number of guanidine groups is 1. The van der Waals surface area contributed by atoms with Gasteiger partial charge < -0.3 is 20.7 Å². The third-order valence-electron chi connectivity index (χ3n) is 5.62. The fourth-order valence-electron chi connectivity index (χ4n) is 3.96. The number of anilines is 1. The number of ether oxygens (including phenoxy) is 1. The van der Waals surface area contributed by atoms with Crippen LogP contribution in [-0.4, -0.2) is 54.8 Å². The van der Waals surface area contributed by atoms with Gasteiger partial charge in [0, 0.05) is 44.4 Å². The summed E-state index contributed by atoms with van der Waals surface area (Å²) in [6.45, 7) is 3.58. The summed E-state index contributed by atoms with van der Waals surface area (Å²) >= 11 is 0. The van der Waals surface area contributed by atoms with E-state index in [1.54, 1.807) is 7.05 Å². The summed E-state index contributed by atoms with van der Waals surface area (Å²) in [6.07, 6.45) is 1.46. The lowest BCUT2D eigenvalue weighted by atomic mass is 9.51. The molecule has 3 N–H and O–H groups in total. The fourth-order valence-corrected chi connectivity index (χ4v) is 3.96. The van der Waals surface area contributed by atoms with Gasteiger partial charge in [0.1, 0.15) is 5.69 Å². The van der Waals surface area contributed by atoms with Gasteiger partial charge in [-0.15, -0.1) is 24.0 Å². The Labute approximate surface area is 185 Å². The van der Waals surface area contributed by atoms with E-state index in [0.717, 1.165) is 25.3 Å². The molecular weight excluding hydrogens is 500 g/mol. The molecule has 2 unspecified atom stereocenters. The fraction of sp³-hybridized carbons (Fsp3) is 0.722. The molecule has 1 aromatic rings. The molecule has 2 saturated carbocycles. The standard InChI is InChI=1S/C18H27F3N6O.HI/c1-3-28-14-11-13(17(14)6-4-7-17)27-15(22-2)24-9-10-25-16-23-8-5-12(26-16)18(19,20)21;/h5,8,13-14H,3-4,6-7,9-11H2,1-2H3,(H2,22,24,27)(H,23,25,26);1H. The van der Waals surface area contributed by atoms with Crippen molar-refractivity contribution >= 4 is 35.9 Å². The number of halogens is 4. The van der Waals surface area contributed by atoms with Crippen LogP contribution in [0.15, 0.2) is 17.3 Å². The predicted molar refractivity (Wildman–Crippen MR) is 116 cm³/mol. The predicted octanol–water partition coefficient (Wildman–Crippen LogP) is 3.04. The molecule has 2 fully saturated rings. The first-order chi connectivity index (χ1) is 13.4. The average Bonchev–Trinajstić information content (AvgIpc) is 2.60. The van der Waals surface area contributed by atoms with E-state index in [4.69, 9.17) is 4.74 Å². The second-order valence-corrected chi connectivity index (χ2v) is 7.15. The maximum Gasteiger partial charge on any atom is 0.433 e. The maximum atomic E-state index is 12.7. The molecule has 1 heterocycles. The van der Waals surface area contributed by atoms with Crippen molar-refractivity contribution < 1.29 is 17.9 Å². The van der Waals surface area contributed by atoms with Crippen molar-refractivity contribution in [3.05, 3.63) is 18.0 Å². The zero-order chi connectivity index (χ0) is 20.2. The van der Waals surface area contributed by atoms with Gasteiger partial charge in [0.05, 0.1) is 6.10 Å². The summed E-state index contributed by atoms with van der Waals surface area (Å²) in [4.78, 5) is 11.5. The summed E-state index contributed by atoms with van der Waals surface area (Å²) in [6, 6.07) is 1.18. The lowest BCUT2D eigenvalue weighted by molar-refractivity contribution is -0.168. The Kier molecular flexibility index (Phi) is 8.32. The van der Waals surface area contributed by atoms with Crippen LogP contribution in [0.4, 0.5) is 19.1 Å². The van der Waals surface area contributed by atoms with Gasteiger partial charge in [-0.05, 0) is 32.3 Å². The van der Waals surface area contributed by atoms with Crippen molar-refractivity contribution in [2.75, 3.05) is 32.1 Å². The third kappa shape index (κ3) is 5.41. The Morgan fingerprint density at radius 3 is 2.69 bits per heavy atom. The summed E-state index contributed by atoms with van der Waals surface area (Å²) < 4.78 is 43.9. The molecule has 0 aliphatic heterocycles. The molecule has 0 bridgehead atoms. The number of aliphatic imine (C=N–C) groups is 1. The van der Waals surface area contributed by atoms with Crippen LogP contribution >= 0.6 is 24.0 Å². The van der Waals surface area contributed by atoms with Crippen LogP contribution in [-0.2, 0) is 10.9 Å². The molecule has 1 aromatic heterocycles. The largest absolute Gasteiger partial charge is 0.433 e. The normalized spacial score (nSPS) is 22.9. The summed E-state index contributed by atoms with van der Waals surface area (Å²) in [5.41, 5.74) is -0.743. The molecule has 0 amide bonds. The SMILES string of the molecule is CCOC1CC(NC(=NC)NCCNc2nccc(C(F)(F)F)n2)C12CCC2.I. The Morgan fingerprint density at radius 1 is 1.34 bits per heavy atom. The highest BCUT2D eigenvalue weighted by Gasteiger charge is 2.59. The number of aromatic nitrogens is 2. The van der Waals surface area contributed by atoms with Crippen LogP contribution in [0.25, 0.3) is 0 Å². The van der Waals surface area contributed by atoms with Gasteiger partial charge in [-0.25, -0.2) is 9.97 Å². The third-order valence-corrected chi connectivity index (χ3v) is 5.62. The Morgan fingerprint density at radius 2 is 2.10 bits per heavy atom. The maximum absolute atomic E-state index is 12.7. The lowest BCUT2D eigenvalue weighted by Gasteiger charge is -2.61. The van der Waals surface area contributed by atoms with E-state index >= 15 is 0 Å². The van der Waals surface area contributed by atoms with Gasteiger partial charge in [-0.3, -0.25) is 4.99 Å². The second-order valence-electron chi connectivity index (χ2n) is 7.15. The van der Waals surface area contributed by atoms with Crippen molar-refractivity contribution in [2.45, 2.75) is 50.9 Å². The number of nitrogens with one attached hydrogen (secondary N) is 3. The summed E-state index contributed by atoms with van der Waals surface area (Å²) in [5.74, 6) is 0.629. The Bertz CT molecular complexity index is 698. The molecule has 0 aromatic carbocycles. The van der Waals surface area contributed by atoms with E-state index in [9.17, 15) is 13.2 Å². The molecule has 2 aliphatic rings. The number of hydrogen-bond donors (Lipinski definition) is 3. The van der Waals surface area contributed by atoms with Crippen LogP contribution in [0, 0.1) is 5.41 Å². The molecule has 29 heavy (non-hydrogen) atoms. The monoisotopic (exact) mass is 528 g/mol. The quantitative estimate of drug-likeness (QED) is 0.219. The van der Waals surface area contributed by atoms with Crippen LogP contribution in [0.3, 0.4) is 0 Å². The lowest BCUT2D eigenvalue weighted by Crippen LogP contribution is -2.68. The first kappa shape index (κ1) is 23.9. The van der Waals surface area contributed by atoms with Crippen molar-refractivity contribution in [1.82, 2.24) is 20.6 Å². The molecule has 11 heteroatoms. The van der Waals surface area contributed by atoms with E-state index in [1.807, 2.05) is 6.92 Å². The van der Waals surface area contributed by atoms with Crippen molar-refractivity contribution in [3.8, 4) is 0 Å². The van der Waals surface area contributed by atoms with Crippen molar-refractivity contribution in [2.24, 2.45) is 10.4 Å². The molecule has 3 rings (SSSR count). The highest BCUT2D eigenvalue weighted by atomic mass is 127. The summed E-state index contributed by atoms with van der Waals surface area (Å²) in [7, 11) is 1.70. The van der Waals surface area contributed by atoms with Crippen molar-refractivity contribution in [3.63, 3.8) is 0 Å². The first-order valence-corrected chi connectivity index (χ1v) is 9.62. The van der Waals surface area contributed by atoms with Crippen LogP contribution < -0.4 is 16.0 Å². The molecule has 2 atom stereocenters. The number of hydrogen-bond acceptors (Lipinski definition) is 5. The smallest absolute Gasteiger partial charge is 0.378 e. The average molecular weight is 528 g/mol. The number of alkyl halides is 3.